The SMILES string of the molecule is CCCCN(C)CC(O)c1cc(C)cc(C)c1OC. The van der Waals surface area contributed by atoms with Crippen molar-refractivity contribution in [3.63, 3.8) is 0 Å². The summed E-state index contributed by atoms with van der Waals surface area (Å²) in [4.78, 5) is 2.17. The highest BCUT2D eigenvalue weighted by Crippen LogP contribution is 2.30. The fourth-order valence-electron chi connectivity index (χ4n) is 2.43. The van der Waals surface area contributed by atoms with Gasteiger partial charge in [0.1, 0.15) is 5.75 Å². The maximum atomic E-state index is 10.4. The van der Waals surface area contributed by atoms with Crippen LogP contribution >= 0.6 is 0 Å². The summed E-state index contributed by atoms with van der Waals surface area (Å²) < 4.78 is 5.44. The minimum absolute atomic E-state index is 0.504. The Kier molecular flexibility index (Phi) is 6.32. The van der Waals surface area contributed by atoms with Crippen LogP contribution in [0.4, 0.5) is 0 Å². The average Bonchev–Trinajstić information content (AvgIpc) is 2.35. The molecule has 3 nitrogen and oxygen atoms in total. The second-order valence-electron chi connectivity index (χ2n) is 5.34. The van der Waals surface area contributed by atoms with Gasteiger partial charge in [0.05, 0.1) is 13.2 Å². The average molecular weight is 265 g/mol. The van der Waals surface area contributed by atoms with E-state index in [4.69, 9.17) is 4.74 Å². The van der Waals surface area contributed by atoms with Gasteiger partial charge in [-0.3, -0.25) is 0 Å². The summed E-state index contributed by atoms with van der Waals surface area (Å²) in [6, 6.07) is 4.10. The molecule has 108 valence electrons. The molecule has 1 N–H and O–H groups in total. The molecule has 0 bridgehead atoms. The number of nitrogens with zero attached hydrogens (tertiary/aromatic N) is 1. The molecule has 1 aromatic rings. The van der Waals surface area contributed by atoms with Gasteiger partial charge in [-0.2, -0.15) is 0 Å². The van der Waals surface area contributed by atoms with Crippen LogP contribution in [-0.4, -0.2) is 37.3 Å². The molecule has 0 saturated carbocycles. The Morgan fingerprint density at radius 3 is 2.58 bits per heavy atom. The monoisotopic (exact) mass is 265 g/mol. The highest BCUT2D eigenvalue weighted by atomic mass is 16.5. The Hall–Kier alpha value is -1.06. The van der Waals surface area contributed by atoms with Crippen LogP contribution in [-0.2, 0) is 0 Å². The third kappa shape index (κ3) is 4.51. The maximum Gasteiger partial charge on any atom is 0.127 e. The Balaban J connectivity index is 2.83. The molecule has 0 aliphatic carbocycles. The molecule has 0 saturated heterocycles. The molecule has 0 fully saturated rings. The van der Waals surface area contributed by atoms with Crippen LogP contribution in [0.1, 0.15) is 42.6 Å². The van der Waals surface area contributed by atoms with Crippen LogP contribution < -0.4 is 4.74 Å². The zero-order valence-corrected chi connectivity index (χ0v) is 12.9. The lowest BCUT2D eigenvalue weighted by Gasteiger charge is -2.23. The summed E-state index contributed by atoms with van der Waals surface area (Å²) in [5, 5.41) is 10.4. The number of aliphatic hydroxyl groups excluding tert-OH is 1. The van der Waals surface area contributed by atoms with E-state index < -0.39 is 6.10 Å². The van der Waals surface area contributed by atoms with Crippen molar-refractivity contribution in [3.05, 3.63) is 28.8 Å². The van der Waals surface area contributed by atoms with E-state index >= 15 is 0 Å². The topological polar surface area (TPSA) is 32.7 Å². The first-order valence-corrected chi connectivity index (χ1v) is 7.01. The van der Waals surface area contributed by atoms with Gasteiger partial charge in [0.15, 0.2) is 0 Å². The molecule has 1 rings (SSSR count). The van der Waals surface area contributed by atoms with Crippen LogP contribution in [0.15, 0.2) is 12.1 Å². The van der Waals surface area contributed by atoms with Crippen molar-refractivity contribution < 1.29 is 9.84 Å². The van der Waals surface area contributed by atoms with E-state index in [-0.39, 0.29) is 0 Å². The quantitative estimate of drug-likeness (QED) is 0.822. The highest BCUT2D eigenvalue weighted by molar-refractivity contribution is 5.45. The molecular formula is C16H27NO2. The van der Waals surface area contributed by atoms with Crippen molar-refractivity contribution in [2.75, 3.05) is 27.2 Å². The fourth-order valence-corrected chi connectivity index (χ4v) is 2.43. The lowest BCUT2D eigenvalue weighted by molar-refractivity contribution is 0.123. The second-order valence-corrected chi connectivity index (χ2v) is 5.34. The highest BCUT2D eigenvalue weighted by Gasteiger charge is 2.17. The van der Waals surface area contributed by atoms with Gasteiger partial charge in [-0.15, -0.1) is 0 Å². The van der Waals surface area contributed by atoms with Crippen molar-refractivity contribution in [2.24, 2.45) is 0 Å². The molecule has 1 aromatic carbocycles. The number of hydrogen-bond donors (Lipinski definition) is 1. The number of unbranched alkanes of at least 4 members (excludes halogenated alkanes) is 1. The number of ether oxygens (including phenoxy) is 1. The molecular weight excluding hydrogens is 238 g/mol. The lowest BCUT2D eigenvalue weighted by atomic mass is 10.0. The standard InChI is InChI=1S/C16H27NO2/c1-6-7-8-17(4)11-15(18)14-10-12(2)9-13(3)16(14)19-5/h9-10,15,18H,6-8,11H2,1-5H3. The minimum atomic E-state index is -0.504. The summed E-state index contributed by atoms with van der Waals surface area (Å²) in [6.07, 6.45) is 1.83. The first-order chi connectivity index (χ1) is 8.99. The van der Waals surface area contributed by atoms with Gasteiger partial charge in [0.25, 0.3) is 0 Å². The number of hydrogen-bond acceptors (Lipinski definition) is 3. The Morgan fingerprint density at radius 2 is 2.00 bits per heavy atom. The van der Waals surface area contributed by atoms with Crippen LogP contribution in [0.3, 0.4) is 0 Å². The van der Waals surface area contributed by atoms with Crippen LogP contribution in [0.5, 0.6) is 5.75 Å². The summed E-state index contributed by atoms with van der Waals surface area (Å²) in [7, 11) is 3.71. The predicted octanol–water partition coefficient (Wildman–Crippen LogP) is 3.08. The molecule has 19 heavy (non-hydrogen) atoms. The minimum Gasteiger partial charge on any atom is -0.496 e. The van der Waals surface area contributed by atoms with Crippen molar-refractivity contribution in [1.82, 2.24) is 4.90 Å². The first-order valence-electron chi connectivity index (χ1n) is 7.01. The summed E-state index contributed by atoms with van der Waals surface area (Å²) in [5.41, 5.74) is 3.12. The molecule has 1 unspecified atom stereocenters. The van der Waals surface area contributed by atoms with Crippen LogP contribution in [0, 0.1) is 13.8 Å². The summed E-state index contributed by atoms with van der Waals surface area (Å²) in [6.45, 7) is 7.89. The molecule has 0 heterocycles. The van der Waals surface area contributed by atoms with E-state index in [1.54, 1.807) is 7.11 Å². The van der Waals surface area contributed by atoms with Crippen molar-refractivity contribution >= 4 is 0 Å². The number of aliphatic hydroxyl groups is 1. The van der Waals surface area contributed by atoms with Crippen molar-refractivity contribution in [2.45, 2.75) is 39.7 Å². The van der Waals surface area contributed by atoms with Crippen molar-refractivity contribution in [3.8, 4) is 5.75 Å². The normalized spacial score (nSPS) is 12.8. The van der Waals surface area contributed by atoms with E-state index in [2.05, 4.69) is 17.9 Å². The van der Waals surface area contributed by atoms with Gasteiger partial charge in [-0.25, -0.2) is 0 Å². The van der Waals surface area contributed by atoms with Gasteiger partial charge in [0, 0.05) is 12.1 Å². The van der Waals surface area contributed by atoms with Crippen LogP contribution in [0.25, 0.3) is 0 Å². The maximum absolute atomic E-state index is 10.4. The molecule has 3 heteroatoms. The molecule has 0 radical (unpaired) electrons. The van der Waals surface area contributed by atoms with Gasteiger partial charge >= 0.3 is 0 Å². The van der Waals surface area contributed by atoms with E-state index in [9.17, 15) is 5.11 Å². The van der Waals surface area contributed by atoms with E-state index in [1.165, 1.54) is 6.42 Å². The lowest BCUT2D eigenvalue weighted by Crippen LogP contribution is -2.26. The molecule has 1 atom stereocenters. The number of aryl methyl sites for hydroxylation is 2. The van der Waals surface area contributed by atoms with E-state index in [0.717, 1.165) is 35.4 Å². The third-order valence-electron chi connectivity index (χ3n) is 3.39. The van der Waals surface area contributed by atoms with E-state index in [0.29, 0.717) is 6.54 Å². The number of likely N-dealkylation sites (N-methyl/N-ethyl adjacent to an activating group) is 1. The van der Waals surface area contributed by atoms with E-state index in [1.807, 2.05) is 27.0 Å². The Labute approximate surface area is 117 Å². The molecule has 0 aromatic heterocycles. The van der Waals surface area contributed by atoms with Crippen molar-refractivity contribution in [1.29, 1.82) is 0 Å². The largest absolute Gasteiger partial charge is 0.496 e. The summed E-state index contributed by atoms with van der Waals surface area (Å²) in [5.74, 6) is 0.807. The number of methoxy groups -OCH3 is 1. The molecule has 0 aliphatic heterocycles. The zero-order valence-electron chi connectivity index (χ0n) is 12.9. The Morgan fingerprint density at radius 1 is 1.32 bits per heavy atom. The van der Waals surface area contributed by atoms with Gasteiger partial charge < -0.3 is 14.7 Å². The molecule has 0 spiro atoms. The first kappa shape index (κ1) is 16.0. The molecule has 0 aliphatic rings. The van der Waals surface area contributed by atoms with Gasteiger partial charge in [0.2, 0.25) is 0 Å². The fraction of sp³-hybridized carbons (Fsp3) is 0.625. The number of benzene rings is 1. The second kappa shape index (κ2) is 7.51. The van der Waals surface area contributed by atoms with Gasteiger partial charge in [-0.1, -0.05) is 25.0 Å². The Bertz CT molecular complexity index is 404. The van der Waals surface area contributed by atoms with Crippen LogP contribution in [0.2, 0.25) is 0 Å². The zero-order chi connectivity index (χ0) is 14.4. The number of rotatable bonds is 7. The third-order valence-corrected chi connectivity index (χ3v) is 3.39. The smallest absolute Gasteiger partial charge is 0.127 e. The summed E-state index contributed by atoms with van der Waals surface area (Å²) >= 11 is 0. The predicted molar refractivity (Wildman–Crippen MR) is 79.8 cm³/mol. The van der Waals surface area contributed by atoms with Gasteiger partial charge in [-0.05, 0) is 45.5 Å². The molecule has 0 amide bonds.